The molecule has 1 aromatic carbocycles. The third-order valence-corrected chi connectivity index (χ3v) is 3.50. The van der Waals surface area contributed by atoms with Crippen molar-refractivity contribution in [3.8, 4) is 0 Å². The molecule has 0 aliphatic heterocycles. The molecule has 1 rings (SSSR count). The van der Waals surface area contributed by atoms with Gasteiger partial charge in [-0.3, -0.25) is 4.79 Å². The van der Waals surface area contributed by atoms with E-state index in [1.54, 1.807) is 0 Å². The lowest BCUT2D eigenvalue weighted by molar-refractivity contribution is -0.122. The van der Waals surface area contributed by atoms with Gasteiger partial charge in [-0.1, -0.05) is 32.9 Å². The molecule has 0 saturated heterocycles. The summed E-state index contributed by atoms with van der Waals surface area (Å²) in [6.45, 7) is 9.04. The van der Waals surface area contributed by atoms with Gasteiger partial charge in [0.05, 0.1) is 5.92 Å². The number of nitrogen functional groups attached to an aromatic ring is 1. The van der Waals surface area contributed by atoms with Crippen molar-refractivity contribution in [1.82, 2.24) is 5.32 Å². The van der Waals surface area contributed by atoms with Crippen molar-refractivity contribution in [3.63, 3.8) is 0 Å². The fourth-order valence-electron chi connectivity index (χ4n) is 1.58. The first kappa shape index (κ1) is 14.6. The Balaban J connectivity index is 2.62. The quantitative estimate of drug-likeness (QED) is 0.787. The van der Waals surface area contributed by atoms with Crippen molar-refractivity contribution in [2.45, 2.75) is 40.0 Å². The third-order valence-electron chi connectivity index (χ3n) is 3.50. The Labute approximate surface area is 110 Å². The molecule has 1 aromatic rings. The van der Waals surface area contributed by atoms with Crippen LogP contribution in [0.1, 0.15) is 45.6 Å². The van der Waals surface area contributed by atoms with Gasteiger partial charge < -0.3 is 11.1 Å². The van der Waals surface area contributed by atoms with Gasteiger partial charge in [0.1, 0.15) is 0 Å². The highest BCUT2D eigenvalue weighted by Gasteiger charge is 2.20. The van der Waals surface area contributed by atoms with Crippen molar-refractivity contribution >= 4 is 11.6 Å². The van der Waals surface area contributed by atoms with E-state index >= 15 is 0 Å². The van der Waals surface area contributed by atoms with Gasteiger partial charge in [0.15, 0.2) is 0 Å². The lowest BCUT2D eigenvalue weighted by atomic mass is 9.90. The summed E-state index contributed by atoms with van der Waals surface area (Å²) in [5.41, 5.74) is 7.53. The molecule has 0 saturated carbocycles. The number of amides is 1. The van der Waals surface area contributed by atoms with Gasteiger partial charge in [0.25, 0.3) is 0 Å². The lowest BCUT2D eigenvalue weighted by Gasteiger charge is -2.24. The Morgan fingerprint density at radius 1 is 1.44 bits per heavy atom. The molecule has 3 heteroatoms. The minimum Gasteiger partial charge on any atom is -0.399 e. The number of nitrogens with one attached hydrogen (secondary N) is 1. The monoisotopic (exact) mass is 248 g/mol. The number of carbonyl (C=O) groups is 1. The first-order valence-corrected chi connectivity index (χ1v) is 6.49. The number of carbonyl (C=O) groups excluding carboxylic acids is 1. The van der Waals surface area contributed by atoms with Crippen LogP contribution in [-0.4, -0.2) is 12.5 Å². The number of hydrogen-bond acceptors (Lipinski definition) is 2. The normalized spacial score (nSPS) is 13.1. The van der Waals surface area contributed by atoms with E-state index in [1.165, 1.54) is 0 Å². The highest BCUT2D eigenvalue weighted by Crippen LogP contribution is 2.20. The van der Waals surface area contributed by atoms with Crippen LogP contribution in [0.2, 0.25) is 0 Å². The van der Waals surface area contributed by atoms with Crippen molar-refractivity contribution in [2.24, 2.45) is 5.41 Å². The number of benzene rings is 1. The summed E-state index contributed by atoms with van der Waals surface area (Å²) in [6.07, 6.45) is 1.04. The van der Waals surface area contributed by atoms with E-state index in [1.807, 2.05) is 31.2 Å². The molecule has 0 aromatic heterocycles. The Bertz CT molecular complexity index is 413. The Hall–Kier alpha value is -1.51. The SMILES string of the molecule is CCC(C)(C)CNC(=O)C(C)c1cccc(N)c1. The molecule has 0 heterocycles. The van der Waals surface area contributed by atoms with E-state index in [4.69, 9.17) is 5.73 Å². The average Bonchev–Trinajstić information content (AvgIpc) is 2.35. The zero-order valence-corrected chi connectivity index (χ0v) is 11.8. The van der Waals surface area contributed by atoms with Crippen LogP contribution in [0.3, 0.4) is 0 Å². The van der Waals surface area contributed by atoms with E-state index < -0.39 is 0 Å². The number of hydrogen-bond donors (Lipinski definition) is 2. The fourth-order valence-corrected chi connectivity index (χ4v) is 1.58. The van der Waals surface area contributed by atoms with E-state index in [0.29, 0.717) is 12.2 Å². The molecule has 100 valence electrons. The van der Waals surface area contributed by atoms with Crippen LogP contribution in [0.5, 0.6) is 0 Å². The summed E-state index contributed by atoms with van der Waals surface area (Å²) in [4.78, 5) is 12.1. The van der Waals surface area contributed by atoms with E-state index in [0.717, 1.165) is 12.0 Å². The summed E-state index contributed by atoms with van der Waals surface area (Å²) in [5.74, 6) is -0.108. The summed E-state index contributed by atoms with van der Waals surface area (Å²) in [6, 6.07) is 7.50. The maximum Gasteiger partial charge on any atom is 0.227 e. The van der Waals surface area contributed by atoms with E-state index in [-0.39, 0.29) is 17.2 Å². The predicted molar refractivity (Wildman–Crippen MR) is 76.4 cm³/mol. The third kappa shape index (κ3) is 4.06. The molecule has 0 fully saturated rings. The zero-order valence-electron chi connectivity index (χ0n) is 11.8. The first-order valence-electron chi connectivity index (χ1n) is 6.49. The van der Waals surface area contributed by atoms with Crippen LogP contribution >= 0.6 is 0 Å². The van der Waals surface area contributed by atoms with Crippen LogP contribution in [0.25, 0.3) is 0 Å². The van der Waals surface area contributed by atoms with Gasteiger partial charge in [-0.2, -0.15) is 0 Å². The molecule has 0 aliphatic carbocycles. The maximum absolute atomic E-state index is 12.1. The second kappa shape index (κ2) is 5.89. The van der Waals surface area contributed by atoms with E-state index in [9.17, 15) is 4.79 Å². The number of anilines is 1. The van der Waals surface area contributed by atoms with Gasteiger partial charge in [-0.05, 0) is 36.5 Å². The molecule has 0 aliphatic rings. The van der Waals surface area contributed by atoms with Crippen LogP contribution in [0.4, 0.5) is 5.69 Å². The van der Waals surface area contributed by atoms with Gasteiger partial charge in [-0.15, -0.1) is 0 Å². The topological polar surface area (TPSA) is 55.1 Å². The smallest absolute Gasteiger partial charge is 0.227 e. The van der Waals surface area contributed by atoms with Crippen molar-refractivity contribution in [1.29, 1.82) is 0 Å². The number of nitrogens with two attached hydrogens (primary N) is 1. The Morgan fingerprint density at radius 2 is 2.11 bits per heavy atom. The average molecular weight is 248 g/mol. The van der Waals surface area contributed by atoms with Crippen molar-refractivity contribution in [2.75, 3.05) is 12.3 Å². The summed E-state index contributed by atoms with van der Waals surface area (Å²) >= 11 is 0. The highest BCUT2D eigenvalue weighted by atomic mass is 16.1. The van der Waals surface area contributed by atoms with Crippen molar-refractivity contribution in [3.05, 3.63) is 29.8 Å². The van der Waals surface area contributed by atoms with Gasteiger partial charge in [-0.25, -0.2) is 0 Å². The molecule has 3 N–H and O–H groups in total. The predicted octanol–water partition coefficient (Wildman–Crippen LogP) is 2.92. The molecule has 1 atom stereocenters. The lowest BCUT2D eigenvalue weighted by Crippen LogP contribution is -2.36. The summed E-state index contributed by atoms with van der Waals surface area (Å²) in [7, 11) is 0. The standard InChI is InChI=1S/C15H24N2O/c1-5-15(3,4)10-17-14(18)11(2)12-7-6-8-13(16)9-12/h6-9,11H,5,10,16H2,1-4H3,(H,17,18). The molecular weight excluding hydrogens is 224 g/mol. The minimum absolute atomic E-state index is 0.0575. The molecule has 0 bridgehead atoms. The maximum atomic E-state index is 12.1. The fraction of sp³-hybridized carbons (Fsp3) is 0.533. The van der Waals surface area contributed by atoms with Gasteiger partial charge >= 0.3 is 0 Å². The van der Waals surface area contributed by atoms with Crippen LogP contribution in [-0.2, 0) is 4.79 Å². The molecule has 0 radical (unpaired) electrons. The zero-order chi connectivity index (χ0) is 13.8. The summed E-state index contributed by atoms with van der Waals surface area (Å²) < 4.78 is 0. The van der Waals surface area contributed by atoms with Crippen LogP contribution < -0.4 is 11.1 Å². The first-order chi connectivity index (χ1) is 8.35. The van der Waals surface area contributed by atoms with Gasteiger partial charge in [0, 0.05) is 12.2 Å². The van der Waals surface area contributed by atoms with Crippen molar-refractivity contribution < 1.29 is 4.79 Å². The molecule has 1 unspecified atom stereocenters. The second-order valence-electron chi connectivity index (χ2n) is 5.63. The molecule has 3 nitrogen and oxygen atoms in total. The largest absolute Gasteiger partial charge is 0.399 e. The van der Waals surface area contributed by atoms with Crippen LogP contribution in [0, 0.1) is 5.41 Å². The highest BCUT2D eigenvalue weighted by molar-refractivity contribution is 5.83. The second-order valence-corrected chi connectivity index (χ2v) is 5.63. The molecule has 1 amide bonds. The molecular formula is C15H24N2O. The van der Waals surface area contributed by atoms with Crippen LogP contribution in [0.15, 0.2) is 24.3 Å². The Morgan fingerprint density at radius 3 is 2.67 bits per heavy atom. The number of rotatable bonds is 5. The molecule has 18 heavy (non-hydrogen) atoms. The van der Waals surface area contributed by atoms with Gasteiger partial charge in [0.2, 0.25) is 5.91 Å². The molecule has 0 spiro atoms. The minimum atomic E-state index is -0.166. The van der Waals surface area contributed by atoms with E-state index in [2.05, 4.69) is 26.1 Å². The summed E-state index contributed by atoms with van der Waals surface area (Å²) in [5, 5.41) is 3.01. The Kier molecular flexibility index (Phi) is 4.76.